The van der Waals surface area contributed by atoms with Crippen LogP contribution in [0.5, 0.6) is 0 Å². The Bertz CT molecular complexity index is 1260. The molecule has 1 saturated carbocycles. The van der Waals surface area contributed by atoms with Crippen LogP contribution >= 0.6 is 11.6 Å². The molecule has 3 N–H and O–H groups in total. The largest absolute Gasteiger partial charge is 0.352 e. The number of pyridine rings is 2. The summed E-state index contributed by atoms with van der Waals surface area (Å²) in [7, 11) is 0. The van der Waals surface area contributed by atoms with E-state index in [1.165, 1.54) is 18.2 Å². The molecule has 1 aliphatic rings. The Kier molecular flexibility index (Phi) is 3.91. The number of nitrogens with one attached hydrogen (secondary N) is 3. The second-order valence-electron chi connectivity index (χ2n) is 6.82. The molecule has 140 valence electrons. The number of hydrogen-bond acceptors (Lipinski definition) is 4. The van der Waals surface area contributed by atoms with Crippen molar-refractivity contribution in [2.45, 2.75) is 18.8 Å². The van der Waals surface area contributed by atoms with Gasteiger partial charge in [0.1, 0.15) is 11.3 Å². The molecule has 0 spiro atoms. The topological polar surface area (TPSA) is 86.5 Å². The molecule has 8 heteroatoms. The maximum atomic E-state index is 14.4. The summed E-state index contributed by atoms with van der Waals surface area (Å²) in [6.07, 6.45) is 5.25. The molecule has 0 radical (unpaired) electrons. The fraction of sp³-hybridized carbons (Fsp3) is 0.150. The van der Waals surface area contributed by atoms with Gasteiger partial charge in [0.15, 0.2) is 5.65 Å². The second kappa shape index (κ2) is 6.45. The molecule has 5 rings (SSSR count). The van der Waals surface area contributed by atoms with E-state index in [0.717, 1.165) is 24.2 Å². The molecule has 0 bridgehead atoms. The molecule has 0 atom stereocenters. The highest BCUT2D eigenvalue weighted by Crippen LogP contribution is 2.43. The lowest BCUT2D eigenvalue weighted by molar-refractivity contribution is 0.631. The van der Waals surface area contributed by atoms with Gasteiger partial charge in [-0.2, -0.15) is 0 Å². The van der Waals surface area contributed by atoms with E-state index >= 15 is 0 Å². The molecule has 4 aromatic rings. The molecule has 0 saturated heterocycles. The maximum absolute atomic E-state index is 14.4. The van der Waals surface area contributed by atoms with Gasteiger partial charge in [0.25, 0.3) is 5.56 Å². The molecule has 6 nitrogen and oxygen atoms in total. The Labute approximate surface area is 163 Å². The van der Waals surface area contributed by atoms with Crippen molar-refractivity contribution < 1.29 is 4.39 Å². The van der Waals surface area contributed by atoms with E-state index in [-0.39, 0.29) is 22.6 Å². The number of benzene rings is 1. The van der Waals surface area contributed by atoms with Crippen molar-refractivity contribution in [3.63, 3.8) is 0 Å². The first kappa shape index (κ1) is 16.9. The quantitative estimate of drug-likeness (QED) is 0.466. The Morgan fingerprint density at radius 1 is 1.11 bits per heavy atom. The lowest BCUT2D eigenvalue weighted by atomic mass is 10.0. The van der Waals surface area contributed by atoms with Gasteiger partial charge in [0.05, 0.1) is 23.3 Å². The van der Waals surface area contributed by atoms with E-state index in [1.54, 1.807) is 18.6 Å². The first-order valence-electron chi connectivity index (χ1n) is 8.88. The van der Waals surface area contributed by atoms with E-state index in [0.29, 0.717) is 21.9 Å². The van der Waals surface area contributed by atoms with Crippen LogP contribution in [0.4, 0.5) is 15.8 Å². The van der Waals surface area contributed by atoms with Crippen LogP contribution in [0, 0.1) is 5.82 Å². The summed E-state index contributed by atoms with van der Waals surface area (Å²) in [6.45, 7) is 0. The van der Waals surface area contributed by atoms with Crippen molar-refractivity contribution >= 4 is 34.1 Å². The molecule has 28 heavy (non-hydrogen) atoms. The Balaban J connectivity index is 1.67. The first-order valence-corrected chi connectivity index (χ1v) is 9.25. The highest BCUT2D eigenvalue weighted by atomic mass is 35.5. The Morgan fingerprint density at radius 3 is 2.79 bits per heavy atom. The van der Waals surface area contributed by atoms with Gasteiger partial charge in [-0.15, -0.1) is 0 Å². The van der Waals surface area contributed by atoms with Crippen molar-refractivity contribution in [2.24, 2.45) is 0 Å². The fourth-order valence-electron chi connectivity index (χ4n) is 3.34. The van der Waals surface area contributed by atoms with Gasteiger partial charge >= 0.3 is 0 Å². The zero-order valence-corrected chi connectivity index (χ0v) is 15.3. The van der Waals surface area contributed by atoms with Gasteiger partial charge in [-0.1, -0.05) is 11.6 Å². The van der Waals surface area contributed by atoms with Gasteiger partial charge in [-0.05, 0) is 43.2 Å². The Hall–Kier alpha value is -3.19. The van der Waals surface area contributed by atoms with Crippen molar-refractivity contribution in [3.8, 4) is 11.1 Å². The number of aromatic amines is 2. The van der Waals surface area contributed by atoms with Crippen LogP contribution in [-0.4, -0.2) is 19.9 Å². The number of fused-ring (bicyclic) bond motifs is 1. The van der Waals surface area contributed by atoms with Crippen LogP contribution < -0.4 is 10.9 Å². The van der Waals surface area contributed by atoms with E-state index in [9.17, 15) is 9.18 Å². The molecule has 0 aliphatic heterocycles. The molecule has 0 unspecified atom stereocenters. The predicted octanol–water partition coefficient (Wildman–Crippen LogP) is 4.73. The smallest absolute Gasteiger partial charge is 0.256 e. The number of halogens is 2. The van der Waals surface area contributed by atoms with Gasteiger partial charge in [0.2, 0.25) is 0 Å². The van der Waals surface area contributed by atoms with Gasteiger partial charge in [-0.25, -0.2) is 14.4 Å². The molecule has 0 amide bonds. The third kappa shape index (κ3) is 2.93. The maximum Gasteiger partial charge on any atom is 0.256 e. The third-order valence-corrected chi connectivity index (χ3v) is 5.10. The molecule has 1 aromatic carbocycles. The van der Waals surface area contributed by atoms with Crippen LogP contribution in [0.25, 0.3) is 22.3 Å². The molecule has 3 aromatic heterocycles. The zero-order valence-electron chi connectivity index (χ0n) is 14.6. The van der Waals surface area contributed by atoms with E-state index < -0.39 is 5.82 Å². The summed E-state index contributed by atoms with van der Waals surface area (Å²) in [5.74, 6) is -0.219. The van der Waals surface area contributed by atoms with Gasteiger partial charge < -0.3 is 15.3 Å². The minimum absolute atomic E-state index is 0.166. The van der Waals surface area contributed by atoms with Crippen molar-refractivity contribution in [1.82, 2.24) is 19.9 Å². The van der Waals surface area contributed by atoms with E-state index in [2.05, 4.69) is 25.3 Å². The molecule has 1 fully saturated rings. The lowest BCUT2D eigenvalue weighted by Crippen LogP contribution is -2.14. The molecular weight excluding hydrogens is 381 g/mol. The van der Waals surface area contributed by atoms with Crippen LogP contribution in [0.15, 0.2) is 47.7 Å². The highest BCUT2D eigenvalue weighted by Gasteiger charge is 2.28. The summed E-state index contributed by atoms with van der Waals surface area (Å²) in [6, 6.07) is 7.66. The summed E-state index contributed by atoms with van der Waals surface area (Å²) < 4.78 is 14.4. The number of aromatic nitrogens is 4. The van der Waals surface area contributed by atoms with Crippen LogP contribution in [0.1, 0.15) is 24.5 Å². The molecule has 3 heterocycles. The summed E-state index contributed by atoms with van der Waals surface area (Å²) >= 11 is 6.02. The lowest BCUT2D eigenvalue weighted by Gasteiger charge is -2.14. The van der Waals surface area contributed by atoms with Crippen molar-refractivity contribution in [2.75, 3.05) is 5.32 Å². The summed E-state index contributed by atoms with van der Waals surface area (Å²) in [5, 5.41) is 3.71. The monoisotopic (exact) mass is 395 g/mol. The summed E-state index contributed by atoms with van der Waals surface area (Å²) in [4.78, 5) is 27.1. The van der Waals surface area contributed by atoms with Crippen molar-refractivity contribution in [3.05, 3.63) is 69.7 Å². The number of anilines is 2. The molecular formula is C20H15ClFN5O. The normalized spacial score (nSPS) is 13.8. The highest BCUT2D eigenvalue weighted by molar-refractivity contribution is 6.30. The molecule has 1 aliphatic carbocycles. The number of hydrogen-bond donors (Lipinski definition) is 3. The van der Waals surface area contributed by atoms with Crippen LogP contribution in [-0.2, 0) is 0 Å². The van der Waals surface area contributed by atoms with E-state index in [1.807, 2.05) is 6.07 Å². The van der Waals surface area contributed by atoms with E-state index in [4.69, 9.17) is 11.6 Å². The zero-order chi connectivity index (χ0) is 19.3. The number of nitrogens with zero attached hydrogens (tertiary/aromatic N) is 2. The Morgan fingerprint density at radius 2 is 1.96 bits per heavy atom. The fourth-order valence-corrected chi connectivity index (χ4v) is 3.51. The van der Waals surface area contributed by atoms with Gasteiger partial charge in [-0.3, -0.25) is 4.79 Å². The second-order valence-corrected chi connectivity index (χ2v) is 7.26. The van der Waals surface area contributed by atoms with Crippen LogP contribution in [0.2, 0.25) is 5.02 Å². The average Bonchev–Trinajstić information content (AvgIpc) is 3.41. The number of H-pyrrole nitrogens is 2. The standard InChI is InChI=1S/C20H15ClFN5O/c21-11-3-4-14(22)12(7-11)13-8-16(17(10-1-2-10)27-20(13)28)26-15-5-6-23-19-18(15)24-9-25-19/h3-10H,1-2H2,(H,27,28)(H2,23,24,25,26). The minimum atomic E-state index is -0.501. The first-order chi connectivity index (χ1) is 13.6. The van der Waals surface area contributed by atoms with Crippen molar-refractivity contribution in [1.29, 1.82) is 0 Å². The number of rotatable bonds is 4. The third-order valence-electron chi connectivity index (χ3n) is 4.86. The number of imidazole rings is 1. The SMILES string of the molecule is O=c1[nH]c(C2CC2)c(Nc2ccnc3[nH]cnc23)cc1-c1cc(Cl)ccc1F. The van der Waals surface area contributed by atoms with Gasteiger partial charge in [0, 0.05) is 28.4 Å². The van der Waals surface area contributed by atoms with Crippen LogP contribution in [0.3, 0.4) is 0 Å². The predicted molar refractivity (Wildman–Crippen MR) is 107 cm³/mol. The minimum Gasteiger partial charge on any atom is -0.352 e. The summed E-state index contributed by atoms with van der Waals surface area (Å²) in [5.41, 5.74) is 3.67. The average molecular weight is 396 g/mol.